The number of thiophene rings is 1. The summed E-state index contributed by atoms with van der Waals surface area (Å²) < 4.78 is 5.76. The van der Waals surface area contributed by atoms with Crippen molar-refractivity contribution in [2.24, 2.45) is 0 Å². The molecular formula is C16H19NOS. The number of rotatable bonds is 4. The molecule has 0 aliphatic carbocycles. The molecule has 0 saturated heterocycles. The molecule has 1 aromatic heterocycles. The van der Waals surface area contributed by atoms with Gasteiger partial charge in [-0.1, -0.05) is 24.3 Å². The maximum Gasteiger partial charge on any atom is 0.122 e. The molecular weight excluding hydrogens is 254 g/mol. The topological polar surface area (TPSA) is 21.3 Å². The predicted octanol–water partition coefficient (Wildman–Crippen LogP) is 3.44. The number of para-hydroxylation sites is 1. The molecule has 1 aromatic carbocycles. The van der Waals surface area contributed by atoms with E-state index in [1.165, 1.54) is 10.4 Å². The molecule has 3 heteroatoms. The van der Waals surface area contributed by atoms with Crippen LogP contribution in [0.4, 0.5) is 0 Å². The second kappa shape index (κ2) is 5.76. The lowest BCUT2D eigenvalue weighted by molar-refractivity contribution is 0.247. The van der Waals surface area contributed by atoms with Crippen molar-refractivity contribution in [2.45, 2.75) is 24.8 Å². The van der Waals surface area contributed by atoms with Crippen LogP contribution in [0.1, 0.15) is 22.8 Å². The lowest BCUT2D eigenvalue weighted by atomic mass is 9.85. The minimum atomic E-state index is 0.476. The van der Waals surface area contributed by atoms with Gasteiger partial charge >= 0.3 is 0 Å². The van der Waals surface area contributed by atoms with Gasteiger partial charge in [0.1, 0.15) is 5.75 Å². The van der Waals surface area contributed by atoms with Crippen LogP contribution in [0, 0.1) is 0 Å². The van der Waals surface area contributed by atoms with E-state index in [0.29, 0.717) is 12.0 Å². The van der Waals surface area contributed by atoms with E-state index in [4.69, 9.17) is 4.74 Å². The number of benzene rings is 1. The molecule has 0 radical (unpaired) electrons. The van der Waals surface area contributed by atoms with Gasteiger partial charge in [0.15, 0.2) is 0 Å². The van der Waals surface area contributed by atoms with Crippen molar-refractivity contribution < 1.29 is 4.74 Å². The first kappa shape index (κ1) is 12.7. The van der Waals surface area contributed by atoms with Crippen molar-refractivity contribution >= 4 is 11.3 Å². The largest absolute Gasteiger partial charge is 0.493 e. The summed E-state index contributed by atoms with van der Waals surface area (Å²) in [5.74, 6) is 1.60. The Bertz CT molecular complexity index is 523. The minimum absolute atomic E-state index is 0.476. The van der Waals surface area contributed by atoms with Gasteiger partial charge in [-0.25, -0.2) is 0 Å². The molecule has 2 heterocycles. The van der Waals surface area contributed by atoms with Crippen LogP contribution in [0.2, 0.25) is 0 Å². The zero-order valence-corrected chi connectivity index (χ0v) is 12.0. The standard InChI is InChI=1S/C16H19NOS/c1-17-15(11-12-5-4-10-19-12)13-8-9-18-16-7-3-2-6-14(13)16/h2-7,10,13,15,17H,8-9,11H2,1H3. The molecule has 2 atom stereocenters. The van der Waals surface area contributed by atoms with Gasteiger partial charge < -0.3 is 10.1 Å². The molecule has 2 nitrogen and oxygen atoms in total. The SMILES string of the molecule is CNC(Cc1cccs1)C1CCOc2ccccc21. The molecule has 0 saturated carbocycles. The summed E-state index contributed by atoms with van der Waals surface area (Å²) in [4.78, 5) is 1.45. The molecule has 2 unspecified atom stereocenters. The van der Waals surface area contributed by atoms with Crippen LogP contribution in [0.5, 0.6) is 5.75 Å². The van der Waals surface area contributed by atoms with Gasteiger partial charge in [0.2, 0.25) is 0 Å². The highest BCUT2D eigenvalue weighted by molar-refractivity contribution is 7.09. The van der Waals surface area contributed by atoms with Crippen LogP contribution in [0.15, 0.2) is 41.8 Å². The smallest absolute Gasteiger partial charge is 0.122 e. The average Bonchev–Trinajstić information content (AvgIpc) is 2.97. The first-order valence-corrected chi connectivity index (χ1v) is 7.68. The molecule has 0 spiro atoms. The Kier molecular flexibility index (Phi) is 3.85. The summed E-state index contributed by atoms with van der Waals surface area (Å²) in [6.07, 6.45) is 2.18. The number of nitrogens with one attached hydrogen (secondary N) is 1. The molecule has 0 fully saturated rings. The normalized spacial score (nSPS) is 19.5. The van der Waals surface area contributed by atoms with E-state index in [9.17, 15) is 0 Å². The van der Waals surface area contributed by atoms with E-state index in [1.807, 2.05) is 11.3 Å². The van der Waals surface area contributed by atoms with Crippen molar-refractivity contribution in [1.29, 1.82) is 0 Å². The third-order valence-electron chi connectivity index (χ3n) is 3.86. The summed E-state index contributed by atoms with van der Waals surface area (Å²) in [7, 11) is 2.07. The van der Waals surface area contributed by atoms with E-state index in [2.05, 4.69) is 54.1 Å². The summed E-state index contributed by atoms with van der Waals surface area (Å²) >= 11 is 1.84. The summed E-state index contributed by atoms with van der Waals surface area (Å²) in [6, 6.07) is 13.3. The molecule has 1 aliphatic rings. The minimum Gasteiger partial charge on any atom is -0.493 e. The van der Waals surface area contributed by atoms with E-state index in [0.717, 1.165) is 25.2 Å². The van der Waals surface area contributed by atoms with E-state index >= 15 is 0 Å². The Balaban J connectivity index is 1.84. The molecule has 0 amide bonds. The fourth-order valence-electron chi connectivity index (χ4n) is 2.88. The lowest BCUT2D eigenvalue weighted by Gasteiger charge is -2.32. The monoisotopic (exact) mass is 273 g/mol. The van der Waals surface area contributed by atoms with Gasteiger partial charge in [0.25, 0.3) is 0 Å². The van der Waals surface area contributed by atoms with E-state index in [-0.39, 0.29) is 0 Å². The first-order valence-electron chi connectivity index (χ1n) is 6.80. The zero-order valence-electron chi connectivity index (χ0n) is 11.1. The highest BCUT2D eigenvalue weighted by Crippen LogP contribution is 2.36. The number of likely N-dealkylation sites (N-methyl/N-ethyl adjacent to an activating group) is 1. The quantitative estimate of drug-likeness (QED) is 0.921. The van der Waals surface area contributed by atoms with Gasteiger partial charge in [0.05, 0.1) is 6.61 Å². The van der Waals surface area contributed by atoms with E-state index in [1.54, 1.807) is 0 Å². The summed E-state index contributed by atoms with van der Waals surface area (Å²) in [6.45, 7) is 0.824. The molecule has 2 aromatic rings. The molecule has 1 N–H and O–H groups in total. The first-order chi connectivity index (χ1) is 9.38. The maximum absolute atomic E-state index is 5.76. The molecule has 3 rings (SSSR count). The Labute approximate surface area is 118 Å². The van der Waals surface area contributed by atoms with Crippen LogP contribution in [-0.4, -0.2) is 19.7 Å². The Morgan fingerprint density at radius 3 is 3.00 bits per heavy atom. The number of hydrogen-bond acceptors (Lipinski definition) is 3. The molecule has 1 aliphatic heterocycles. The van der Waals surface area contributed by atoms with Gasteiger partial charge in [-0.3, -0.25) is 0 Å². The van der Waals surface area contributed by atoms with Crippen molar-refractivity contribution in [3.05, 3.63) is 52.2 Å². The van der Waals surface area contributed by atoms with Gasteiger partial charge in [-0.05, 0) is 43.0 Å². The number of hydrogen-bond donors (Lipinski definition) is 1. The Morgan fingerprint density at radius 1 is 1.32 bits per heavy atom. The van der Waals surface area contributed by atoms with Crippen molar-refractivity contribution in [3.8, 4) is 5.75 Å². The zero-order chi connectivity index (χ0) is 13.1. The summed E-state index contributed by atoms with van der Waals surface area (Å²) in [5.41, 5.74) is 1.35. The fourth-order valence-corrected chi connectivity index (χ4v) is 3.64. The third-order valence-corrected chi connectivity index (χ3v) is 4.76. The molecule has 19 heavy (non-hydrogen) atoms. The van der Waals surface area contributed by atoms with Crippen molar-refractivity contribution in [3.63, 3.8) is 0 Å². The Hall–Kier alpha value is -1.32. The van der Waals surface area contributed by atoms with Gasteiger partial charge in [0, 0.05) is 16.8 Å². The maximum atomic E-state index is 5.76. The Morgan fingerprint density at radius 2 is 2.21 bits per heavy atom. The third kappa shape index (κ3) is 2.67. The second-order valence-corrected chi connectivity index (χ2v) is 5.99. The summed E-state index contributed by atoms with van der Waals surface area (Å²) in [5, 5.41) is 5.65. The van der Waals surface area contributed by atoms with Crippen LogP contribution in [0.25, 0.3) is 0 Å². The highest BCUT2D eigenvalue weighted by Gasteiger charge is 2.28. The fraction of sp³-hybridized carbons (Fsp3) is 0.375. The highest BCUT2D eigenvalue weighted by atomic mass is 32.1. The van der Waals surface area contributed by atoms with Crippen LogP contribution in [0.3, 0.4) is 0 Å². The number of ether oxygens (including phenoxy) is 1. The van der Waals surface area contributed by atoms with Crippen molar-refractivity contribution in [2.75, 3.05) is 13.7 Å². The van der Waals surface area contributed by atoms with E-state index < -0.39 is 0 Å². The molecule has 100 valence electrons. The molecule has 0 bridgehead atoms. The van der Waals surface area contributed by atoms with Crippen LogP contribution in [-0.2, 0) is 6.42 Å². The van der Waals surface area contributed by atoms with Crippen LogP contribution >= 0.6 is 11.3 Å². The van der Waals surface area contributed by atoms with Crippen LogP contribution < -0.4 is 10.1 Å². The predicted molar refractivity (Wildman–Crippen MR) is 80.2 cm³/mol. The van der Waals surface area contributed by atoms with Crippen molar-refractivity contribution in [1.82, 2.24) is 5.32 Å². The average molecular weight is 273 g/mol. The van der Waals surface area contributed by atoms with Gasteiger partial charge in [-0.2, -0.15) is 0 Å². The van der Waals surface area contributed by atoms with Gasteiger partial charge in [-0.15, -0.1) is 11.3 Å². The number of fused-ring (bicyclic) bond motifs is 1. The second-order valence-electron chi connectivity index (χ2n) is 4.96. The lowest BCUT2D eigenvalue weighted by Crippen LogP contribution is -2.36.